The third-order valence-corrected chi connectivity index (χ3v) is 5.09. The minimum Gasteiger partial charge on any atom is -0.508 e. The summed E-state index contributed by atoms with van der Waals surface area (Å²) in [5, 5.41) is 13.7. The number of nitrogens with one attached hydrogen (secondary N) is 1. The maximum atomic E-state index is 12.5. The molecule has 0 aliphatic carbocycles. The second-order valence-corrected chi connectivity index (χ2v) is 6.66. The largest absolute Gasteiger partial charge is 0.508 e. The second kappa shape index (κ2) is 6.94. The molecular formula is C19H18N2O3S. The second-order valence-electron chi connectivity index (χ2n) is 5.63. The molecule has 0 atom stereocenters. The van der Waals surface area contributed by atoms with E-state index in [0.29, 0.717) is 17.1 Å². The Kier molecular flexibility index (Phi) is 4.72. The van der Waals surface area contributed by atoms with Crippen molar-refractivity contribution in [3.63, 3.8) is 0 Å². The third kappa shape index (κ3) is 3.34. The highest BCUT2D eigenvalue weighted by atomic mass is 32.1. The van der Waals surface area contributed by atoms with E-state index in [0.717, 1.165) is 15.6 Å². The molecule has 0 saturated heterocycles. The first-order valence-electron chi connectivity index (χ1n) is 7.81. The van der Waals surface area contributed by atoms with E-state index in [1.54, 1.807) is 30.1 Å². The molecule has 2 aromatic carbocycles. The minimum absolute atomic E-state index is 0.126. The molecule has 0 aliphatic rings. The number of aromatic hydroxyl groups is 1. The van der Waals surface area contributed by atoms with Gasteiger partial charge in [-0.15, -0.1) is 11.3 Å². The molecule has 2 amide bonds. The van der Waals surface area contributed by atoms with Crippen molar-refractivity contribution in [3.8, 4) is 5.75 Å². The average molecular weight is 354 g/mol. The van der Waals surface area contributed by atoms with Gasteiger partial charge >= 0.3 is 0 Å². The fraction of sp³-hybridized carbons (Fsp3) is 0.158. The summed E-state index contributed by atoms with van der Waals surface area (Å²) in [4.78, 5) is 26.4. The van der Waals surface area contributed by atoms with Crippen LogP contribution in [0.25, 0.3) is 10.1 Å². The average Bonchev–Trinajstić information content (AvgIpc) is 2.97. The number of rotatable bonds is 4. The van der Waals surface area contributed by atoms with E-state index >= 15 is 0 Å². The van der Waals surface area contributed by atoms with Crippen LogP contribution >= 0.6 is 11.3 Å². The lowest BCUT2D eigenvalue weighted by Gasteiger charge is -2.21. The molecule has 1 heterocycles. The smallest absolute Gasteiger partial charge is 0.254 e. The molecule has 5 nitrogen and oxygen atoms in total. The zero-order chi connectivity index (χ0) is 18.0. The Hall–Kier alpha value is -2.86. The van der Waals surface area contributed by atoms with E-state index in [9.17, 15) is 14.7 Å². The molecule has 0 fully saturated rings. The number of carbonyl (C=O) groups is 2. The maximum absolute atomic E-state index is 12.5. The van der Waals surface area contributed by atoms with E-state index in [4.69, 9.17) is 0 Å². The number of anilines is 1. The molecule has 0 aliphatic heterocycles. The summed E-state index contributed by atoms with van der Waals surface area (Å²) < 4.78 is 0.757. The van der Waals surface area contributed by atoms with Crippen molar-refractivity contribution in [2.75, 3.05) is 11.9 Å². The van der Waals surface area contributed by atoms with Gasteiger partial charge in [0, 0.05) is 24.1 Å². The maximum Gasteiger partial charge on any atom is 0.254 e. The Bertz CT molecular complexity index is 934. The van der Waals surface area contributed by atoms with E-state index in [-0.39, 0.29) is 17.6 Å². The van der Waals surface area contributed by atoms with Gasteiger partial charge < -0.3 is 10.4 Å². The van der Waals surface area contributed by atoms with Crippen molar-refractivity contribution in [1.29, 1.82) is 0 Å². The zero-order valence-electron chi connectivity index (χ0n) is 13.9. The van der Waals surface area contributed by atoms with Crippen LogP contribution in [0.3, 0.4) is 0 Å². The monoisotopic (exact) mass is 354 g/mol. The molecule has 128 valence electrons. The quantitative estimate of drug-likeness (QED) is 0.753. The van der Waals surface area contributed by atoms with Crippen LogP contribution in [0, 0.1) is 0 Å². The molecular weight excluding hydrogens is 336 g/mol. The molecule has 0 radical (unpaired) electrons. The summed E-state index contributed by atoms with van der Waals surface area (Å²) in [6.07, 6.45) is 0. The predicted octanol–water partition coefficient (Wildman–Crippen LogP) is 3.52. The molecule has 0 unspecified atom stereocenters. The van der Waals surface area contributed by atoms with E-state index in [1.807, 2.05) is 30.3 Å². The SMILES string of the molecule is CNC(=O)c1c(N(Cc2ccccc2)C(C)=O)sc2cc(O)ccc12. The van der Waals surface area contributed by atoms with E-state index < -0.39 is 0 Å². The van der Waals surface area contributed by atoms with Crippen molar-refractivity contribution in [3.05, 3.63) is 59.7 Å². The number of hydrogen-bond donors (Lipinski definition) is 2. The lowest BCUT2D eigenvalue weighted by molar-refractivity contribution is -0.116. The number of phenolic OH excluding ortho intramolecular Hbond substituents is 1. The molecule has 3 aromatic rings. The van der Waals surface area contributed by atoms with Gasteiger partial charge in [-0.05, 0) is 23.8 Å². The molecule has 0 spiro atoms. The molecule has 1 aromatic heterocycles. The molecule has 6 heteroatoms. The summed E-state index contributed by atoms with van der Waals surface area (Å²) in [5.41, 5.74) is 1.43. The topological polar surface area (TPSA) is 69.6 Å². The first-order valence-corrected chi connectivity index (χ1v) is 8.62. The summed E-state index contributed by atoms with van der Waals surface area (Å²) >= 11 is 1.32. The van der Waals surface area contributed by atoms with Gasteiger partial charge in [0.25, 0.3) is 5.91 Å². The van der Waals surface area contributed by atoms with Crippen LogP contribution < -0.4 is 10.2 Å². The molecule has 25 heavy (non-hydrogen) atoms. The molecule has 0 saturated carbocycles. The highest BCUT2D eigenvalue weighted by molar-refractivity contribution is 7.23. The number of fused-ring (bicyclic) bond motifs is 1. The van der Waals surface area contributed by atoms with Gasteiger partial charge in [-0.25, -0.2) is 0 Å². The van der Waals surface area contributed by atoms with Crippen LogP contribution in [0.15, 0.2) is 48.5 Å². The fourth-order valence-electron chi connectivity index (χ4n) is 2.70. The van der Waals surface area contributed by atoms with Crippen LogP contribution in [-0.2, 0) is 11.3 Å². The lowest BCUT2D eigenvalue weighted by Crippen LogP contribution is -2.29. The van der Waals surface area contributed by atoms with E-state index in [1.165, 1.54) is 18.3 Å². The first kappa shape index (κ1) is 17.0. The zero-order valence-corrected chi connectivity index (χ0v) is 14.8. The molecule has 3 rings (SSSR count). The van der Waals surface area contributed by atoms with Gasteiger partial charge in [-0.2, -0.15) is 0 Å². The third-order valence-electron chi connectivity index (χ3n) is 3.92. The summed E-state index contributed by atoms with van der Waals surface area (Å²) in [5.74, 6) is -0.280. The van der Waals surface area contributed by atoms with Crippen LogP contribution in [0.5, 0.6) is 5.75 Å². The van der Waals surface area contributed by atoms with Gasteiger partial charge in [-0.1, -0.05) is 30.3 Å². The Morgan fingerprint density at radius 3 is 2.52 bits per heavy atom. The number of benzene rings is 2. The van der Waals surface area contributed by atoms with Crippen molar-refractivity contribution in [1.82, 2.24) is 5.32 Å². The van der Waals surface area contributed by atoms with Gasteiger partial charge in [0.15, 0.2) is 0 Å². The van der Waals surface area contributed by atoms with Crippen molar-refractivity contribution in [2.24, 2.45) is 0 Å². The van der Waals surface area contributed by atoms with Crippen LogP contribution in [0.2, 0.25) is 0 Å². The standard InChI is InChI=1S/C19H18N2O3S/c1-12(22)21(11-13-6-4-3-5-7-13)19-17(18(24)20-2)15-9-8-14(23)10-16(15)25-19/h3-10,23H,11H2,1-2H3,(H,20,24). The normalized spacial score (nSPS) is 10.6. The number of thiophene rings is 1. The Morgan fingerprint density at radius 1 is 1.16 bits per heavy atom. The van der Waals surface area contributed by atoms with Gasteiger partial charge in [0.05, 0.1) is 12.1 Å². The van der Waals surface area contributed by atoms with Crippen molar-refractivity contribution in [2.45, 2.75) is 13.5 Å². The van der Waals surface area contributed by atoms with E-state index in [2.05, 4.69) is 5.32 Å². The highest BCUT2D eigenvalue weighted by Gasteiger charge is 2.25. The number of phenols is 1. The molecule has 2 N–H and O–H groups in total. The van der Waals surface area contributed by atoms with Crippen molar-refractivity contribution >= 4 is 38.2 Å². The number of amides is 2. The van der Waals surface area contributed by atoms with Crippen molar-refractivity contribution < 1.29 is 14.7 Å². The number of carbonyl (C=O) groups excluding carboxylic acids is 2. The van der Waals surface area contributed by atoms with Gasteiger partial charge in [0.2, 0.25) is 5.91 Å². The number of hydrogen-bond acceptors (Lipinski definition) is 4. The molecule has 0 bridgehead atoms. The summed E-state index contributed by atoms with van der Waals surface area (Å²) in [6, 6.07) is 14.5. The fourth-order valence-corrected chi connectivity index (χ4v) is 3.98. The van der Waals surface area contributed by atoms with Gasteiger partial charge in [0.1, 0.15) is 10.8 Å². The Labute approximate surface area is 149 Å². The lowest BCUT2D eigenvalue weighted by atomic mass is 10.1. The first-order chi connectivity index (χ1) is 12.0. The highest BCUT2D eigenvalue weighted by Crippen LogP contribution is 2.40. The summed E-state index contributed by atoms with van der Waals surface area (Å²) in [7, 11) is 1.56. The van der Waals surface area contributed by atoms with Crippen LogP contribution in [0.1, 0.15) is 22.8 Å². The Morgan fingerprint density at radius 2 is 1.88 bits per heavy atom. The number of nitrogens with zero attached hydrogens (tertiary/aromatic N) is 1. The van der Waals surface area contributed by atoms with Crippen LogP contribution in [-0.4, -0.2) is 24.0 Å². The predicted molar refractivity (Wildman–Crippen MR) is 100 cm³/mol. The minimum atomic E-state index is -0.258. The van der Waals surface area contributed by atoms with Crippen LogP contribution in [0.4, 0.5) is 5.00 Å². The summed E-state index contributed by atoms with van der Waals surface area (Å²) in [6.45, 7) is 1.86. The van der Waals surface area contributed by atoms with Gasteiger partial charge in [-0.3, -0.25) is 14.5 Å². The Balaban J connectivity index is 2.16.